The van der Waals surface area contributed by atoms with Gasteiger partial charge in [0.15, 0.2) is 0 Å². The number of hydrogen-bond acceptors (Lipinski definition) is 3. The van der Waals surface area contributed by atoms with E-state index in [1.165, 1.54) is 25.7 Å². The molecule has 3 unspecified atom stereocenters. The van der Waals surface area contributed by atoms with Crippen LogP contribution in [0.4, 0.5) is 5.82 Å². The van der Waals surface area contributed by atoms with Crippen molar-refractivity contribution in [3.8, 4) is 0 Å². The normalized spacial score (nSPS) is 31.9. The van der Waals surface area contributed by atoms with Gasteiger partial charge in [-0.05, 0) is 59.6 Å². The van der Waals surface area contributed by atoms with Gasteiger partial charge >= 0.3 is 0 Å². The Morgan fingerprint density at radius 1 is 1.38 bits per heavy atom. The number of fused-ring (bicyclic) bond motifs is 2. The first-order chi connectivity index (χ1) is 7.83. The van der Waals surface area contributed by atoms with Crippen LogP contribution in [0.5, 0.6) is 0 Å². The van der Waals surface area contributed by atoms with Gasteiger partial charge in [-0.1, -0.05) is 6.42 Å². The summed E-state index contributed by atoms with van der Waals surface area (Å²) < 4.78 is 1.11. The van der Waals surface area contributed by atoms with Crippen LogP contribution < -0.4 is 5.32 Å². The fourth-order valence-electron chi connectivity index (χ4n) is 3.30. The van der Waals surface area contributed by atoms with Crippen molar-refractivity contribution in [3.05, 3.63) is 16.1 Å². The van der Waals surface area contributed by atoms with E-state index in [4.69, 9.17) is 0 Å². The third-order valence-electron chi connectivity index (χ3n) is 4.08. The van der Waals surface area contributed by atoms with Crippen LogP contribution in [0, 0.1) is 21.3 Å². The molecule has 86 valence electrons. The van der Waals surface area contributed by atoms with Gasteiger partial charge in [-0.25, -0.2) is 9.97 Å². The van der Waals surface area contributed by atoms with Crippen molar-refractivity contribution in [3.63, 3.8) is 0 Å². The minimum absolute atomic E-state index is 0.879. The summed E-state index contributed by atoms with van der Waals surface area (Å²) in [7, 11) is 0. The summed E-state index contributed by atoms with van der Waals surface area (Å²) in [4.78, 5) is 8.28. The van der Waals surface area contributed by atoms with Crippen molar-refractivity contribution in [2.45, 2.75) is 25.7 Å². The molecule has 1 aromatic heterocycles. The Bertz CT molecular complexity index is 382. The zero-order valence-electron chi connectivity index (χ0n) is 9.19. The topological polar surface area (TPSA) is 37.8 Å². The van der Waals surface area contributed by atoms with Crippen LogP contribution in [-0.4, -0.2) is 16.5 Å². The molecule has 0 amide bonds. The van der Waals surface area contributed by atoms with Crippen LogP contribution >= 0.6 is 22.6 Å². The molecule has 16 heavy (non-hydrogen) atoms. The quantitative estimate of drug-likeness (QED) is 0.867. The van der Waals surface area contributed by atoms with Crippen molar-refractivity contribution in [2.24, 2.45) is 17.8 Å². The van der Waals surface area contributed by atoms with Gasteiger partial charge in [-0.15, -0.1) is 0 Å². The second-order valence-electron chi connectivity index (χ2n) is 5.04. The number of rotatable bonds is 3. The number of anilines is 1. The highest BCUT2D eigenvalue weighted by atomic mass is 127. The van der Waals surface area contributed by atoms with Crippen LogP contribution in [0.2, 0.25) is 0 Å². The number of halogens is 1. The van der Waals surface area contributed by atoms with E-state index in [9.17, 15) is 0 Å². The first-order valence-corrected chi connectivity index (χ1v) is 7.10. The molecule has 0 spiro atoms. The highest BCUT2D eigenvalue weighted by molar-refractivity contribution is 14.1. The minimum Gasteiger partial charge on any atom is -0.369 e. The molecule has 0 radical (unpaired) electrons. The lowest BCUT2D eigenvalue weighted by Crippen LogP contribution is -2.20. The predicted octanol–water partition coefficient (Wildman–Crippen LogP) is 2.93. The summed E-state index contributed by atoms with van der Waals surface area (Å²) >= 11 is 2.28. The van der Waals surface area contributed by atoms with Crippen molar-refractivity contribution in [1.82, 2.24) is 9.97 Å². The molecule has 0 aromatic carbocycles. The Balaban J connectivity index is 1.59. The summed E-state index contributed by atoms with van der Waals surface area (Å²) in [6.07, 6.45) is 9.32. The molecule has 1 N–H and O–H groups in total. The fraction of sp³-hybridized carbons (Fsp3) is 0.667. The number of aromatic nitrogens is 2. The summed E-state index contributed by atoms with van der Waals surface area (Å²) in [5.74, 6) is 3.89. The van der Waals surface area contributed by atoms with Crippen LogP contribution in [0.1, 0.15) is 25.7 Å². The van der Waals surface area contributed by atoms with Gasteiger partial charge in [0.1, 0.15) is 12.1 Å². The molecule has 4 heteroatoms. The van der Waals surface area contributed by atoms with Gasteiger partial charge in [-0.3, -0.25) is 0 Å². The number of nitrogens with one attached hydrogen (secondary N) is 1. The molecule has 2 saturated carbocycles. The molecule has 2 aliphatic carbocycles. The Morgan fingerprint density at radius 3 is 3.00 bits per heavy atom. The average molecular weight is 329 g/mol. The van der Waals surface area contributed by atoms with Crippen LogP contribution in [-0.2, 0) is 0 Å². The lowest BCUT2D eigenvalue weighted by molar-refractivity contribution is 0.348. The molecule has 1 heterocycles. The van der Waals surface area contributed by atoms with E-state index in [1.807, 2.05) is 6.20 Å². The first-order valence-electron chi connectivity index (χ1n) is 6.02. The van der Waals surface area contributed by atoms with Gasteiger partial charge < -0.3 is 5.32 Å². The largest absolute Gasteiger partial charge is 0.369 e. The molecule has 3 nitrogen and oxygen atoms in total. The van der Waals surface area contributed by atoms with Crippen LogP contribution in [0.25, 0.3) is 0 Å². The van der Waals surface area contributed by atoms with Crippen LogP contribution in [0.3, 0.4) is 0 Å². The maximum atomic E-state index is 4.27. The highest BCUT2D eigenvalue weighted by Crippen LogP contribution is 2.48. The van der Waals surface area contributed by atoms with Gasteiger partial charge in [0.2, 0.25) is 0 Å². The maximum absolute atomic E-state index is 4.27. The van der Waals surface area contributed by atoms with Gasteiger partial charge in [0, 0.05) is 12.7 Å². The van der Waals surface area contributed by atoms with Crippen molar-refractivity contribution < 1.29 is 0 Å². The minimum atomic E-state index is 0.879. The Hall–Kier alpha value is -0.390. The summed E-state index contributed by atoms with van der Waals surface area (Å²) in [5.41, 5.74) is 0. The summed E-state index contributed by atoms with van der Waals surface area (Å²) in [6.45, 7) is 1.09. The molecule has 0 saturated heterocycles. The van der Waals surface area contributed by atoms with E-state index in [0.717, 1.165) is 33.7 Å². The molecule has 0 aliphatic heterocycles. The van der Waals surface area contributed by atoms with E-state index in [1.54, 1.807) is 6.33 Å². The van der Waals surface area contributed by atoms with E-state index >= 15 is 0 Å². The SMILES string of the molecule is Ic1cncnc1NCC1CC2CCC1C2. The van der Waals surface area contributed by atoms with Gasteiger partial charge in [-0.2, -0.15) is 0 Å². The van der Waals surface area contributed by atoms with Crippen molar-refractivity contribution >= 4 is 28.4 Å². The second-order valence-corrected chi connectivity index (χ2v) is 6.20. The fourth-order valence-corrected chi connectivity index (χ4v) is 3.79. The monoisotopic (exact) mass is 329 g/mol. The predicted molar refractivity (Wildman–Crippen MR) is 72.2 cm³/mol. The van der Waals surface area contributed by atoms with Gasteiger partial charge in [0.05, 0.1) is 3.57 Å². The lowest BCUT2D eigenvalue weighted by Gasteiger charge is -2.22. The zero-order chi connectivity index (χ0) is 11.0. The molecular formula is C12H16IN3. The van der Waals surface area contributed by atoms with E-state index in [2.05, 4.69) is 37.9 Å². The summed E-state index contributed by atoms with van der Waals surface area (Å²) in [6, 6.07) is 0. The Kier molecular flexibility index (Phi) is 3.00. The average Bonchev–Trinajstić information content (AvgIpc) is 2.90. The molecule has 2 bridgehead atoms. The second kappa shape index (κ2) is 4.47. The third-order valence-corrected chi connectivity index (χ3v) is 4.87. The van der Waals surface area contributed by atoms with E-state index in [0.29, 0.717) is 0 Å². The third kappa shape index (κ3) is 2.04. The smallest absolute Gasteiger partial charge is 0.142 e. The molecule has 3 rings (SSSR count). The summed E-state index contributed by atoms with van der Waals surface area (Å²) in [5, 5.41) is 3.48. The zero-order valence-corrected chi connectivity index (χ0v) is 11.4. The first kappa shape index (κ1) is 10.7. The number of hydrogen-bond donors (Lipinski definition) is 1. The standard InChI is InChI=1S/C12H16IN3/c13-11-6-14-7-16-12(11)15-5-10-4-8-1-2-9(10)3-8/h6-10H,1-5H2,(H,14,15,16). The van der Waals surface area contributed by atoms with Crippen molar-refractivity contribution in [2.75, 3.05) is 11.9 Å². The Morgan fingerprint density at radius 2 is 2.31 bits per heavy atom. The molecule has 1 aromatic rings. The maximum Gasteiger partial charge on any atom is 0.142 e. The molecule has 2 aliphatic rings. The van der Waals surface area contributed by atoms with Gasteiger partial charge in [0.25, 0.3) is 0 Å². The molecular weight excluding hydrogens is 313 g/mol. The van der Waals surface area contributed by atoms with E-state index in [-0.39, 0.29) is 0 Å². The molecule has 3 atom stereocenters. The number of nitrogens with zero attached hydrogens (tertiary/aromatic N) is 2. The van der Waals surface area contributed by atoms with Crippen molar-refractivity contribution in [1.29, 1.82) is 0 Å². The Labute approximate surface area is 110 Å². The van der Waals surface area contributed by atoms with Crippen LogP contribution in [0.15, 0.2) is 12.5 Å². The molecule has 2 fully saturated rings. The highest BCUT2D eigenvalue weighted by Gasteiger charge is 2.39. The van der Waals surface area contributed by atoms with E-state index < -0.39 is 0 Å². The lowest BCUT2D eigenvalue weighted by atomic mass is 9.89.